The van der Waals surface area contributed by atoms with E-state index in [4.69, 9.17) is 0 Å². The molecule has 0 N–H and O–H groups in total. The number of unbranched alkanes of at least 4 members (excludes halogenated alkanes) is 4. The third kappa shape index (κ3) is 7.41. The maximum atomic E-state index is 9.88. The summed E-state index contributed by atoms with van der Waals surface area (Å²) in [6.45, 7) is 2.03. The number of hydrogen-bond acceptors (Lipinski definition) is 1. The Hall–Kier alpha value is -0.590. The third-order valence-corrected chi connectivity index (χ3v) is 1.43. The molecule has 0 unspecified atom stereocenters. The molecule has 1 nitrogen and oxygen atoms in total. The van der Waals surface area contributed by atoms with Crippen LogP contribution in [0.2, 0.25) is 0 Å². The number of aldehydes is 1. The molecule has 10 heavy (non-hydrogen) atoms. The quantitative estimate of drug-likeness (QED) is 0.315. The van der Waals surface area contributed by atoms with Gasteiger partial charge < -0.3 is 4.79 Å². The minimum Gasteiger partial charge on any atom is -0.303 e. The molecule has 0 aromatic rings. The summed E-state index contributed by atoms with van der Waals surface area (Å²) in [6.07, 6.45) is 10.6. The summed E-state index contributed by atoms with van der Waals surface area (Å²) in [6, 6.07) is 0. The zero-order valence-electron chi connectivity index (χ0n) is 6.68. The summed E-state index contributed by atoms with van der Waals surface area (Å²) in [5.74, 6) is 0. The molecule has 58 valence electrons. The Kier molecular flexibility index (Phi) is 7.91. The molecule has 1 heteroatoms. The van der Waals surface area contributed by atoms with Gasteiger partial charge in [0.25, 0.3) is 0 Å². The van der Waals surface area contributed by atoms with Crippen molar-refractivity contribution in [3.63, 3.8) is 0 Å². The Bertz CT molecular complexity index is 94.9. The second-order valence-electron chi connectivity index (χ2n) is 2.37. The van der Waals surface area contributed by atoms with E-state index in [-0.39, 0.29) is 0 Å². The van der Waals surface area contributed by atoms with Gasteiger partial charge in [-0.05, 0) is 26.2 Å². The molecule has 0 amide bonds. The minimum atomic E-state index is 0.732. The first-order chi connectivity index (χ1) is 4.91. The van der Waals surface area contributed by atoms with E-state index in [0.717, 1.165) is 25.5 Å². The molecular weight excluding hydrogens is 124 g/mol. The van der Waals surface area contributed by atoms with Crippen LogP contribution in [0.1, 0.15) is 39.0 Å². The lowest BCUT2D eigenvalue weighted by atomic mass is 10.1. The highest BCUT2D eigenvalue weighted by molar-refractivity contribution is 5.48. The van der Waals surface area contributed by atoms with Crippen molar-refractivity contribution in [1.29, 1.82) is 0 Å². The van der Waals surface area contributed by atoms with Crippen molar-refractivity contribution in [2.45, 2.75) is 39.0 Å². The van der Waals surface area contributed by atoms with Gasteiger partial charge in [0.2, 0.25) is 0 Å². The van der Waals surface area contributed by atoms with Gasteiger partial charge in [-0.2, -0.15) is 0 Å². The first kappa shape index (κ1) is 9.41. The van der Waals surface area contributed by atoms with E-state index < -0.39 is 0 Å². The van der Waals surface area contributed by atoms with E-state index in [9.17, 15) is 4.79 Å². The molecular formula is C9H16O. The van der Waals surface area contributed by atoms with Crippen LogP contribution in [0.15, 0.2) is 12.2 Å². The molecule has 0 atom stereocenters. The molecule has 0 bridgehead atoms. The lowest BCUT2D eigenvalue weighted by Gasteiger charge is -1.92. The van der Waals surface area contributed by atoms with E-state index in [0.29, 0.717) is 0 Å². The minimum absolute atomic E-state index is 0.732. The summed E-state index contributed by atoms with van der Waals surface area (Å²) >= 11 is 0. The van der Waals surface area contributed by atoms with Gasteiger partial charge in [-0.25, -0.2) is 0 Å². The van der Waals surface area contributed by atoms with E-state index in [1.54, 1.807) is 0 Å². The molecule has 0 aromatic carbocycles. The predicted octanol–water partition coefficient (Wildman–Crippen LogP) is 2.71. The molecule has 0 radical (unpaired) electrons. The standard InChI is InChI=1S/C9H16O/c1-2-3-4-5-6-7-8-9-10/h2-3,9H,4-8H2,1H3/b3-2+. The van der Waals surface area contributed by atoms with Gasteiger partial charge in [0.15, 0.2) is 0 Å². The molecule has 0 aromatic heterocycles. The second kappa shape index (κ2) is 8.41. The Morgan fingerprint density at radius 3 is 2.40 bits per heavy atom. The molecule has 0 heterocycles. The molecule has 0 rings (SSSR count). The predicted molar refractivity (Wildman–Crippen MR) is 44.0 cm³/mol. The van der Waals surface area contributed by atoms with Crippen LogP contribution in [0.25, 0.3) is 0 Å². The summed E-state index contributed by atoms with van der Waals surface area (Å²) < 4.78 is 0. The molecule has 0 spiro atoms. The maximum Gasteiger partial charge on any atom is 0.119 e. The van der Waals surface area contributed by atoms with E-state index >= 15 is 0 Å². The Balaban J connectivity index is 2.83. The monoisotopic (exact) mass is 140 g/mol. The van der Waals surface area contributed by atoms with Crippen LogP contribution in [0.3, 0.4) is 0 Å². The summed E-state index contributed by atoms with van der Waals surface area (Å²) in [5, 5.41) is 0. The van der Waals surface area contributed by atoms with Crippen LogP contribution in [0, 0.1) is 0 Å². The van der Waals surface area contributed by atoms with Crippen molar-refractivity contribution >= 4 is 6.29 Å². The topological polar surface area (TPSA) is 17.1 Å². The number of carbonyl (C=O) groups is 1. The fourth-order valence-corrected chi connectivity index (χ4v) is 0.833. The zero-order chi connectivity index (χ0) is 7.66. The third-order valence-electron chi connectivity index (χ3n) is 1.43. The van der Waals surface area contributed by atoms with Crippen LogP contribution in [-0.4, -0.2) is 6.29 Å². The van der Waals surface area contributed by atoms with Crippen molar-refractivity contribution in [3.8, 4) is 0 Å². The largest absolute Gasteiger partial charge is 0.303 e. The number of carbonyl (C=O) groups excluding carboxylic acids is 1. The van der Waals surface area contributed by atoms with Gasteiger partial charge in [0, 0.05) is 6.42 Å². The normalized spacial score (nSPS) is 10.5. The molecule has 0 aliphatic heterocycles. The molecule has 0 fully saturated rings. The SMILES string of the molecule is C/C=C/CCCCCC=O. The molecule has 0 aliphatic carbocycles. The van der Waals surface area contributed by atoms with Crippen molar-refractivity contribution in [2.24, 2.45) is 0 Å². The first-order valence-electron chi connectivity index (χ1n) is 3.96. The van der Waals surface area contributed by atoms with Crippen LogP contribution in [0.5, 0.6) is 0 Å². The number of rotatable bonds is 6. The first-order valence-corrected chi connectivity index (χ1v) is 3.96. The number of allylic oxidation sites excluding steroid dienone is 2. The van der Waals surface area contributed by atoms with Crippen molar-refractivity contribution in [3.05, 3.63) is 12.2 Å². The molecule has 0 aliphatic rings. The van der Waals surface area contributed by atoms with Crippen molar-refractivity contribution in [1.82, 2.24) is 0 Å². The lowest BCUT2D eigenvalue weighted by molar-refractivity contribution is -0.107. The van der Waals surface area contributed by atoms with Crippen LogP contribution >= 0.6 is 0 Å². The van der Waals surface area contributed by atoms with Crippen molar-refractivity contribution < 1.29 is 4.79 Å². The highest BCUT2D eigenvalue weighted by atomic mass is 16.1. The smallest absolute Gasteiger partial charge is 0.119 e. The van der Waals surface area contributed by atoms with Gasteiger partial charge in [0.05, 0.1) is 0 Å². The van der Waals surface area contributed by atoms with Crippen LogP contribution in [-0.2, 0) is 4.79 Å². The van der Waals surface area contributed by atoms with Crippen LogP contribution in [0.4, 0.5) is 0 Å². The summed E-state index contributed by atoms with van der Waals surface area (Å²) in [5.41, 5.74) is 0. The highest BCUT2D eigenvalue weighted by Crippen LogP contribution is 2.01. The van der Waals surface area contributed by atoms with E-state index in [1.807, 2.05) is 6.92 Å². The number of hydrogen-bond donors (Lipinski definition) is 0. The lowest BCUT2D eigenvalue weighted by Crippen LogP contribution is -1.77. The Morgan fingerprint density at radius 2 is 1.80 bits per heavy atom. The van der Waals surface area contributed by atoms with Gasteiger partial charge in [-0.1, -0.05) is 18.6 Å². The average molecular weight is 140 g/mol. The van der Waals surface area contributed by atoms with Crippen molar-refractivity contribution in [2.75, 3.05) is 0 Å². The Morgan fingerprint density at radius 1 is 1.10 bits per heavy atom. The maximum absolute atomic E-state index is 9.88. The van der Waals surface area contributed by atoms with Gasteiger partial charge in [-0.3, -0.25) is 0 Å². The zero-order valence-corrected chi connectivity index (χ0v) is 6.68. The highest BCUT2D eigenvalue weighted by Gasteiger charge is 1.85. The van der Waals surface area contributed by atoms with Gasteiger partial charge >= 0.3 is 0 Å². The van der Waals surface area contributed by atoms with E-state index in [2.05, 4.69) is 12.2 Å². The van der Waals surface area contributed by atoms with Gasteiger partial charge in [-0.15, -0.1) is 0 Å². The van der Waals surface area contributed by atoms with Crippen LogP contribution < -0.4 is 0 Å². The fourth-order valence-electron chi connectivity index (χ4n) is 0.833. The average Bonchev–Trinajstić information content (AvgIpc) is 1.97. The molecule has 0 saturated heterocycles. The fraction of sp³-hybridized carbons (Fsp3) is 0.667. The van der Waals surface area contributed by atoms with E-state index in [1.165, 1.54) is 12.8 Å². The summed E-state index contributed by atoms with van der Waals surface area (Å²) in [7, 11) is 0. The van der Waals surface area contributed by atoms with Gasteiger partial charge in [0.1, 0.15) is 6.29 Å². The summed E-state index contributed by atoms with van der Waals surface area (Å²) in [4.78, 5) is 9.88. The Labute approximate surface area is 63.1 Å². The second-order valence-corrected chi connectivity index (χ2v) is 2.37. The molecule has 0 saturated carbocycles.